The molecule has 0 unspecified atom stereocenters. The third-order valence-corrected chi connectivity index (χ3v) is 2.91. The minimum atomic E-state index is -0.0287. The maximum atomic E-state index is 11.7. The van der Waals surface area contributed by atoms with Crippen LogP contribution < -0.4 is 16.0 Å². The molecule has 0 spiro atoms. The summed E-state index contributed by atoms with van der Waals surface area (Å²) in [6, 6.07) is 11.3. The molecule has 4 heteroatoms. The number of aromatic nitrogens is 1. The largest absolute Gasteiger partial charge is 0.491 e. The standard InChI is InChI=1S/C16H20N2O2/c1-12(2)20-15-6-3-13(4-7-15)14-5-8-16(19)18(11-14)10-9-17/h3-8,11-12H,9-10,17H2,1-2H3. The highest BCUT2D eigenvalue weighted by molar-refractivity contribution is 5.63. The quantitative estimate of drug-likeness (QED) is 0.908. The van der Waals surface area contributed by atoms with E-state index in [1.54, 1.807) is 10.6 Å². The van der Waals surface area contributed by atoms with Crippen molar-refractivity contribution in [1.82, 2.24) is 4.57 Å². The van der Waals surface area contributed by atoms with Gasteiger partial charge in [0.15, 0.2) is 0 Å². The molecule has 2 rings (SSSR count). The van der Waals surface area contributed by atoms with E-state index in [-0.39, 0.29) is 11.7 Å². The van der Waals surface area contributed by atoms with Crippen molar-refractivity contribution < 1.29 is 4.74 Å². The summed E-state index contributed by atoms with van der Waals surface area (Å²) < 4.78 is 7.25. The van der Waals surface area contributed by atoms with Gasteiger partial charge in [-0.05, 0) is 43.2 Å². The molecule has 2 aromatic rings. The number of hydrogen-bond donors (Lipinski definition) is 1. The second kappa shape index (κ2) is 6.39. The number of rotatable bonds is 5. The summed E-state index contributed by atoms with van der Waals surface area (Å²) in [6.45, 7) is 4.97. The van der Waals surface area contributed by atoms with E-state index in [0.29, 0.717) is 13.1 Å². The minimum absolute atomic E-state index is 0.0287. The average molecular weight is 272 g/mol. The molecule has 20 heavy (non-hydrogen) atoms. The second-order valence-electron chi connectivity index (χ2n) is 4.93. The fraction of sp³-hybridized carbons (Fsp3) is 0.312. The van der Waals surface area contributed by atoms with Crippen LogP contribution in [-0.4, -0.2) is 17.2 Å². The first-order chi connectivity index (χ1) is 9.60. The normalized spacial score (nSPS) is 10.8. The number of nitrogens with two attached hydrogens (primary N) is 1. The van der Waals surface area contributed by atoms with Gasteiger partial charge in [0.05, 0.1) is 6.10 Å². The van der Waals surface area contributed by atoms with Crippen LogP contribution in [0.3, 0.4) is 0 Å². The zero-order chi connectivity index (χ0) is 14.5. The molecular formula is C16H20N2O2. The van der Waals surface area contributed by atoms with Crippen LogP contribution in [-0.2, 0) is 6.54 Å². The van der Waals surface area contributed by atoms with Gasteiger partial charge in [-0.25, -0.2) is 0 Å². The van der Waals surface area contributed by atoms with Crippen molar-refractivity contribution in [1.29, 1.82) is 0 Å². The van der Waals surface area contributed by atoms with Crippen molar-refractivity contribution in [2.24, 2.45) is 5.73 Å². The van der Waals surface area contributed by atoms with Crippen LogP contribution in [0.25, 0.3) is 11.1 Å². The first-order valence-electron chi connectivity index (χ1n) is 6.78. The average Bonchev–Trinajstić information content (AvgIpc) is 2.42. The highest BCUT2D eigenvalue weighted by Crippen LogP contribution is 2.22. The van der Waals surface area contributed by atoms with Gasteiger partial charge < -0.3 is 15.0 Å². The van der Waals surface area contributed by atoms with Crippen LogP contribution in [0.4, 0.5) is 0 Å². The van der Waals surface area contributed by atoms with Crippen LogP contribution in [0.1, 0.15) is 13.8 Å². The van der Waals surface area contributed by atoms with Gasteiger partial charge in [-0.3, -0.25) is 4.79 Å². The Bertz CT molecular complexity index is 615. The molecular weight excluding hydrogens is 252 g/mol. The molecule has 1 heterocycles. The fourth-order valence-corrected chi connectivity index (χ4v) is 2.01. The van der Waals surface area contributed by atoms with E-state index in [4.69, 9.17) is 10.5 Å². The molecule has 1 aromatic heterocycles. The first kappa shape index (κ1) is 14.3. The number of hydrogen-bond acceptors (Lipinski definition) is 3. The molecule has 2 N–H and O–H groups in total. The Morgan fingerprint density at radius 2 is 1.75 bits per heavy atom. The van der Waals surface area contributed by atoms with Crippen LogP contribution in [0.2, 0.25) is 0 Å². The minimum Gasteiger partial charge on any atom is -0.491 e. The molecule has 0 aliphatic rings. The maximum absolute atomic E-state index is 11.7. The predicted molar refractivity (Wildman–Crippen MR) is 81.0 cm³/mol. The Hall–Kier alpha value is -2.07. The number of ether oxygens (including phenoxy) is 1. The summed E-state index contributed by atoms with van der Waals surface area (Å²) in [7, 11) is 0. The van der Waals surface area contributed by atoms with Crippen LogP contribution in [0.5, 0.6) is 5.75 Å². The summed E-state index contributed by atoms with van der Waals surface area (Å²) in [5.41, 5.74) is 7.52. The van der Waals surface area contributed by atoms with Gasteiger partial charge >= 0.3 is 0 Å². The Kier molecular flexibility index (Phi) is 4.58. The van der Waals surface area contributed by atoms with Crippen molar-refractivity contribution in [2.75, 3.05) is 6.54 Å². The van der Waals surface area contributed by atoms with E-state index in [2.05, 4.69) is 0 Å². The van der Waals surface area contributed by atoms with E-state index in [9.17, 15) is 4.79 Å². The van der Waals surface area contributed by atoms with Crippen LogP contribution in [0, 0.1) is 0 Å². The van der Waals surface area contributed by atoms with E-state index in [1.807, 2.05) is 50.4 Å². The lowest BCUT2D eigenvalue weighted by molar-refractivity contribution is 0.242. The molecule has 0 atom stereocenters. The summed E-state index contributed by atoms with van der Waals surface area (Å²) >= 11 is 0. The third kappa shape index (κ3) is 3.48. The lowest BCUT2D eigenvalue weighted by Gasteiger charge is -2.11. The molecule has 0 amide bonds. The smallest absolute Gasteiger partial charge is 0.250 e. The number of pyridine rings is 1. The molecule has 106 valence electrons. The van der Waals surface area contributed by atoms with Gasteiger partial charge in [-0.2, -0.15) is 0 Å². The number of benzene rings is 1. The van der Waals surface area contributed by atoms with Gasteiger partial charge in [0, 0.05) is 25.4 Å². The Labute approximate surface area is 118 Å². The Morgan fingerprint density at radius 3 is 2.35 bits per heavy atom. The molecule has 0 saturated carbocycles. The van der Waals surface area contributed by atoms with E-state index >= 15 is 0 Å². The van der Waals surface area contributed by atoms with Gasteiger partial charge in [-0.15, -0.1) is 0 Å². The second-order valence-corrected chi connectivity index (χ2v) is 4.93. The van der Waals surface area contributed by atoms with Crippen molar-refractivity contribution in [2.45, 2.75) is 26.5 Å². The van der Waals surface area contributed by atoms with Gasteiger partial charge in [0.2, 0.25) is 0 Å². The van der Waals surface area contributed by atoms with Crippen molar-refractivity contribution in [3.8, 4) is 16.9 Å². The predicted octanol–water partition coefficient (Wildman–Crippen LogP) is 2.26. The van der Waals surface area contributed by atoms with Crippen molar-refractivity contribution in [3.63, 3.8) is 0 Å². The zero-order valence-corrected chi connectivity index (χ0v) is 11.9. The van der Waals surface area contributed by atoms with Gasteiger partial charge in [-0.1, -0.05) is 12.1 Å². The van der Waals surface area contributed by atoms with E-state index < -0.39 is 0 Å². The van der Waals surface area contributed by atoms with E-state index in [1.165, 1.54) is 0 Å². The Balaban J connectivity index is 2.27. The molecule has 0 radical (unpaired) electrons. The third-order valence-electron chi connectivity index (χ3n) is 2.91. The van der Waals surface area contributed by atoms with Gasteiger partial charge in [0.25, 0.3) is 5.56 Å². The summed E-state index contributed by atoms with van der Waals surface area (Å²) in [5.74, 6) is 0.846. The summed E-state index contributed by atoms with van der Waals surface area (Å²) in [6.07, 6.45) is 2.00. The van der Waals surface area contributed by atoms with Crippen molar-refractivity contribution in [3.05, 3.63) is 52.9 Å². The fourth-order valence-electron chi connectivity index (χ4n) is 2.01. The highest BCUT2D eigenvalue weighted by Gasteiger charge is 2.03. The molecule has 1 aromatic carbocycles. The zero-order valence-electron chi connectivity index (χ0n) is 11.9. The summed E-state index contributed by atoms with van der Waals surface area (Å²) in [5, 5.41) is 0. The number of nitrogens with zero attached hydrogens (tertiary/aromatic N) is 1. The SMILES string of the molecule is CC(C)Oc1ccc(-c2ccc(=O)n(CCN)c2)cc1. The molecule has 0 aliphatic carbocycles. The van der Waals surface area contributed by atoms with Crippen LogP contribution >= 0.6 is 0 Å². The summed E-state index contributed by atoms with van der Waals surface area (Å²) in [4.78, 5) is 11.7. The first-order valence-corrected chi connectivity index (χ1v) is 6.78. The topological polar surface area (TPSA) is 57.2 Å². The van der Waals surface area contributed by atoms with Crippen molar-refractivity contribution >= 4 is 0 Å². The molecule has 0 fully saturated rings. The lowest BCUT2D eigenvalue weighted by atomic mass is 10.1. The monoisotopic (exact) mass is 272 g/mol. The van der Waals surface area contributed by atoms with Gasteiger partial charge in [0.1, 0.15) is 5.75 Å². The van der Waals surface area contributed by atoms with Crippen LogP contribution in [0.15, 0.2) is 47.4 Å². The molecule has 0 bridgehead atoms. The maximum Gasteiger partial charge on any atom is 0.250 e. The van der Waals surface area contributed by atoms with E-state index in [0.717, 1.165) is 16.9 Å². The lowest BCUT2D eigenvalue weighted by Crippen LogP contribution is -2.22. The highest BCUT2D eigenvalue weighted by atomic mass is 16.5. The molecule has 0 aliphatic heterocycles. The molecule has 0 saturated heterocycles. The molecule has 4 nitrogen and oxygen atoms in total. The Morgan fingerprint density at radius 1 is 1.10 bits per heavy atom.